The van der Waals surface area contributed by atoms with E-state index in [1.807, 2.05) is 19.2 Å². The molecular weight excluding hydrogens is 200 g/mol. The molecule has 3 heteroatoms. The zero-order valence-electron chi connectivity index (χ0n) is 9.94. The van der Waals surface area contributed by atoms with Crippen molar-refractivity contribution in [1.82, 2.24) is 9.88 Å². The molecule has 1 aliphatic rings. The molecule has 0 radical (unpaired) electrons. The van der Waals surface area contributed by atoms with Gasteiger partial charge in [-0.3, -0.25) is 9.78 Å². The van der Waals surface area contributed by atoms with Gasteiger partial charge in [-0.05, 0) is 31.4 Å². The highest BCUT2D eigenvalue weighted by molar-refractivity contribution is 5.93. The summed E-state index contributed by atoms with van der Waals surface area (Å²) in [5.74, 6) is 0.717. The molecule has 16 heavy (non-hydrogen) atoms. The summed E-state index contributed by atoms with van der Waals surface area (Å²) in [6, 6.07) is 3.89. The lowest BCUT2D eigenvalue weighted by Crippen LogP contribution is -2.27. The van der Waals surface area contributed by atoms with Crippen molar-refractivity contribution in [2.45, 2.75) is 32.1 Å². The van der Waals surface area contributed by atoms with Crippen LogP contribution in [0.15, 0.2) is 18.3 Å². The second kappa shape index (κ2) is 4.64. The molecule has 0 bridgehead atoms. The van der Waals surface area contributed by atoms with Crippen LogP contribution < -0.4 is 0 Å². The molecule has 0 saturated heterocycles. The third-order valence-corrected chi connectivity index (χ3v) is 2.93. The second-order valence-corrected chi connectivity index (χ2v) is 4.47. The van der Waals surface area contributed by atoms with Crippen LogP contribution in [-0.2, 0) is 0 Å². The van der Waals surface area contributed by atoms with E-state index in [4.69, 9.17) is 0 Å². The van der Waals surface area contributed by atoms with Gasteiger partial charge in [0, 0.05) is 31.4 Å². The van der Waals surface area contributed by atoms with Gasteiger partial charge in [0.1, 0.15) is 0 Å². The minimum absolute atomic E-state index is 0.0664. The van der Waals surface area contributed by atoms with Crippen LogP contribution in [0, 0.1) is 0 Å². The lowest BCUT2D eigenvalue weighted by molar-refractivity contribution is 0.0794. The second-order valence-electron chi connectivity index (χ2n) is 4.47. The fraction of sp³-hybridized carbons (Fsp3) is 0.538. The Morgan fingerprint density at radius 2 is 2.25 bits per heavy atom. The number of carbonyl (C=O) groups is 1. The first-order valence-corrected chi connectivity index (χ1v) is 5.93. The van der Waals surface area contributed by atoms with Crippen LogP contribution in [0.5, 0.6) is 0 Å². The van der Waals surface area contributed by atoms with Crippen LogP contribution in [-0.4, -0.2) is 29.4 Å². The van der Waals surface area contributed by atoms with Gasteiger partial charge in [0.25, 0.3) is 5.91 Å². The van der Waals surface area contributed by atoms with E-state index in [1.54, 1.807) is 11.1 Å². The number of rotatable bonds is 4. The van der Waals surface area contributed by atoms with E-state index in [-0.39, 0.29) is 5.91 Å². The molecular formula is C13H18N2O. The smallest absolute Gasteiger partial charge is 0.255 e. The highest BCUT2D eigenvalue weighted by atomic mass is 16.2. The Bertz CT molecular complexity index is 368. The van der Waals surface area contributed by atoms with Crippen molar-refractivity contribution in [3.05, 3.63) is 29.6 Å². The van der Waals surface area contributed by atoms with Crippen molar-refractivity contribution in [3.63, 3.8) is 0 Å². The fourth-order valence-corrected chi connectivity index (χ4v) is 1.81. The summed E-state index contributed by atoms with van der Waals surface area (Å²) in [4.78, 5) is 18.0. The average Bonchev–Trinajstić information content (AvgIpc) is 3.12. The Kier molecular flexibility index (Phi) is 3.22. The van der Waals surface area contributed by atoms with Gasteiger partial charge in [0.15, 0.2) is 0 Å². The molecule has 0 aromatic carbocycles. The molecule has 0 N–H and O–H groups in total. The third kappa shape index (κ3) is 2.40. The van der Waals surface area contributed by atoms with Crippen LogP contribution in [0.3, 0.4) is 0 Å². The summed E-state index contributed by atoms with van der Waals surface area (Å²) < 4.78 is 0. The summed E-state index contributed by atoms with van der Waals surface area (Å²) in [6.07, 6.45) is 5.18. The SMILES string of the molecule is CCCN(C)C(=O)c1ccc(C2CC2)nc1. The number of hydrogen-bond donors (Lipinski definition) is 0. The zero-order valence-corrected chi connectivity index (χ0v) is 9.94. The number of hydrogen-bond acceptors (Lipinski definition) is 2. The molecule has 1 fully saturated rings. The van der Waals surface area contributed by atoms with Gasteiger partial charge in [-0.15, -0.1) is 0 Å². The monoisotopic (exact) mass is 218 g/mol. The van der Waals surface area contributed by atoms with E-state index in [1.165, 1.54) is 12.8 Å². The van der Waals surface area contributed by atoms with Gasteiger partial charge in [-0.2, -0.15) is 0 Å². The predicted molar refractivity (Wildman–Crippen MR) is 63.5 cm³/mol. The van der Waals surface area contributed by atoms with Crippen LogP contribution in [0.25, 0.3) is 0 Å². The van der Waals surface area contributed by atoms with Gasteiger partial charge < -0.3 is 4.90 Å². The molecule has 2 rings (SSSR count). The van der Waals surface area contributed by atoms with Crippen molar-refractivity contribution >= 4 is 5.91 Å². The van der Waals surface area contributed by atoms with Crippen LogP contribution in [0.2, 0.25) is 0 Å². The highest BCUT2D eigenvalue weighted by Gasteiger charge is 2.25. The van der Waals surface area contributed by atoms with Crippen LogP contribution >= 0.6 is 0 Å². The molecule has 0 spiro atoms. The van der Waals surface area contributed by atoms with Gasteiger partial charge in [0.2, 0.25) is 0 Å². The molecule has 1 aromatic rings. The Labute approximate surface area is 96.5 Å². The molecule has 0 aliphatic heterocycles. The van der Waals surface area contributed by atoms with Crippen LogP contribution in [0.1, 0.15) is 48.2 Å². The number of nitrogens with zero attached hydrogens (tertiary/aromatic N) is 2. The molecule has 0 unspecified atom stereocenters. The molecule has 3 nitrogen and oxygen atoms in total. The maximum Gasteiger partial charge on any atom is 0.255 e. The van der Waals surface area contributed by atoms with Crippen LogP contribution in [0.4, 0.5) is 0 Å². The molecule has 0 atom stereocenters. The first-order valence-electron chi connectivity index (χ1n) is 5.93. The van der Waals surface area contributed by atoms with E-state index in [9.17, 15) is 4.79 Å². The minimum Gasteiger partial charge on any atom is -0.342 e. The maximum atomic E-state index is 11.9. The van der Waals surface area contributed by atoms with Crippen molar-refractivity contribution in [2.75, 3.05) is 13.6 Å². The Balaban J connectivity index is 2.05. The van der Waals surface area contributed by atoms with Crippen molar-refractivity contribution in [3.8, 4) is 0 Å². The highest BCUT2D eigenvalue weighted by Crippen LogP contribution is 2.38. The van der Waals surface area contributed by atoms with E-state index in [0.717, 1.165) is 18.7 Å². The van der Waals surface area contributed by atoms with E-state index < -0.39 is 0 Å². The van der Waals surface area contributed by atoms with Crippen molar-refractivity contribution < 1.29 is 4.79 Å². The van der Waals surface area contributed by atoms with E-state index in [2.05, 4.69) is 11.9 Å². The largest absolute Gasteiger partial charge is 0.342 e. The number of aromatic nitrogens is 1. The topological polar surface area (TPSA) is 33.2 Å². The van der Waals surface area contributed by atoms with Gasteiger partial charge >= 0.3 is 0 Å². The first kappa shape index (κ1) is 11.1. The predicted octanol–water partition coefficient (Wildman–Crippen LogP) is 2.44. The Morgan fingerprint density at radius 1 is 1.50 bits per heavy atom. The number of carbonyl (C=O) groups excluding carboxylic acids is 1. The lowest BCUT2D eigenvalue weighted by Gasteiger charge is -2.15. The fourth-order valence-electron chi connectivity index (χ4n) is 1.81. The summed E-state index contributed by atoms with van der Waals surface area (Å²) in [5, 5.41) is 0. The van der Waals surface area contributed by atoms with E-state index >= 15 is 0 Å². The Morgan fingerprint density at radius 3 is 2.75 bits per heavy atom. The number of pyridine rings is 1. The van der Waals surface area contributed by atoms with Gasteiger partial charge in [-0.25, -0.2) is 0 Å². The van der Waals surface area contributed by atoms with Gasteiger partial charge in [-0.1, -0.05) is 6.92 Å². The minimum atomic E-state index is 0.0664. The van der Waals surface area contributed by atoms with Gasteiger partial charge in [0.05, 0.1) is 5.56 Å². The van der Waals surface area contributed by atoms with Crippen molar-refractivity contribution in [2.24, 2.45) is 0 Å². The Hall–Kier alpha value is -1.38. The summed E-state index contributed by atoms with van der Waals surface area (Å²) in [6.45, 7) is 2.86. The zero-order chi connectivity index (χ0) is 11.5. The first-order chi connectivity index (χ1) is 7.72. The van der Waals surface area contributed by atoms with E-state index in [0.29, 0.717) is 11.5 Å². The maximum absolute atomic E-state index is 11.9. The molecule has 1 amide bonds. The number of amides is 1. The normalized spacial score (nSPS) is 14.9. The third-order valence-electron chi connectivity index (χ3n) is 2.93. The quantitative estimate of drug-likeness (QED) is 0.777. The van der Waals surface area contributed by atoms with Crippen molar-refractivity contribution in [1.29, 1.82) is 0 Å². The average molecular weight is 218 g/mol. The molecule has 1 saturated carbocycles. The molecule has 86 valence electrons. The standard InChI is InChI=1S/C13H18N2O/c1-3-8-15(2)13(16)11-6-7-12(14-9-11)10-4-5-10/h6-7,9-10H,3-5,8H2,1-2H3. The summed E-state index contributed by atoms with van der Waals surface area (Å²) in [7, 11) is 1.83. The molecule has 1 heterocycles. The lowest BCUT2D eigenvalue weighted by atomic mass is 10.2. The molecule has 1 aliphatic carbocycles. The summed E-state index contributed by atoms with van der Waals surface area (Å²) >= 11 is 0. The molecule has 1 aromatic heterocycles. The summed E-state index contributed by atoms with van der Waals surface area (Å²) in [5.41, 5.74) is 1.83.